The molecule has 6 nitrogen and oxygen atoms in total. The third-order valence-corrected chi connectivity index (χ3v) is 4.53. The molecule has 4 rings (SSSR count). The number of hydrogen-bond acceptors (Lipinski definition) is 5. The van der Waals surface area contributed by atoms with Gasteiger partial charge in [-0.1, -0.05) is 17.7 Å². The molecule has 1 fully saturated rings. The van der Waals surface area contributed by atoms with E-state index in [-0.39, 0.29) is 31.1 Å². The molecule has 1 N–H and O–H groups in total. The van der Waals surface area contributed by atoms with Gasteiger partial charge in [0.05, 0.1) is 11.1 Å². The van der Waals surface area contributed by atoms with Crippen LogP contribution in [0.1, 0.15) is 22.0 Å². The van der Waals surface area contributed by atoms with Crippen LogP contribution < -0.4 is 14.8 Å². The number of fused-ring (bicyclic) bond motifs is 1. The van der Waals surface area contributed by atoms with Crippen molar-refractivity contribution in [3.05, 3.63) is 52.8 Å². The van der Waals surface area contributed by atoms with Gasteiger partial charge in [0.1, 0.15) is 0 Å². The van der Waals surface area contributed by atoms with Crippen LogP contribution in [0.15, 0.2) is 36.7 Å². The maximum atomic E-state index is 13.1. The summed E-state index contributed by atoms with van der Waals surface area (Å²) in [4.78, 5) is 19.1. The van der Waals surface area contributed by atoms with Crippen LogP contribution in [0.3, 0.4) is 0 Å². The summed E-state index contributed by atoms with van der Waals surface area (Å²) in [5.41, 5.74) is 1.50. The summed E-state index contributed by atoms with van der Waals surface area (Å²) in [6, 6.07) is 7.13. The standard InChI is InChI=1S/C17H16ClN3O3.ClH/c18-13-6-12(7-15-16(13)24-10-23-15)17(22)21-5-4-20-9-14(21)11-2-1-3-19-8-11;/h1-3,6-8,14,20H,4-5,9-10H2;1H. The van der Waals surface area contributed by atoms with Gasteiger partial charge in [0.2, 0.25) is 6.79 Å². The molecule has 1 aromatic carbocycles. The molecule has 3 heterocycles. The van der Waals surface area contributed by atoms with Crippen molar-refractivity contribution >= 4 is 29.9 Å². The molecule has 0 spiro atoms. The summed E-state index contributed by atoms with van der Waals surface area (Å²) < 4.78 is 10.7. The second-order valence-corrected chi connectivity index (χ2v) is 6.10. The number of carbonyl (C=O) groups excluding carboxylic acids is 1. The molecule has 0 saturated carbocycles. The number of benzene rings is 1. The Morgan fingerprint density at radius 2 is 2.24 bits per heavy atom. The molecule has 132 valence electrons. The quantitative estimate of drug-likeness (QED) is 0.866. The lowest BCUT2D eigenvalue weighted by atomic mass is 10.0. The molecule has 2 aromatic rings. The first-order valence-corrected chi connectivity index (χ1v) is 8.12. The first-order valence-electron chi connectivity index (χ1n) is 7.75. The van der Waals surface area contributed by atoms with Crippen LogP contribution in [0.5, 0.6) is 11.5 Å². The summed E-state index contributed by atoms with van der Waals surface area (Å²) in [6.45, 7) is 2.18. The Balaban J connectivity index is 0.00000182. The minimum atomic E-state index is -0.0782. The van der Waals surface area contributed by atoms with Gasteiger partial charge in [-0.3, -0.25) is 9.78 Å². The SMILES string of the molecule is Cl.O=C(c1cc(Cl)c2c(c1)OCO2)N1CCNCC1c1cccnc1. The van der Waals surface area contributed by atoms with Gasteiger partial charge in [-0.05, 0) is 23.8 Å². The third-order valence-electron chi connectivity index (χ3n) is 4.25. The van der Waals surface area contributed by atoms with Gasteiger partial charge in [0, 0.05) is 37.6 Å². The minimum absolute atomic E-state index is 0. The largest absolute Gasteiger partial charge is 0.454 e. The topological polar surface area (TPSA) is 63.7 Å². The van der Waals surface area contributed by atoms with Crippen LogP contribution in [0.25, 0.3) is 0 Å². The smallest absolute Gasteiger partial charge is 0.254 e. The molecule has 25 heavy (non-hydrogen) atoms. The van der Waals surface area contributed by atoms with E-state index in [9.17, 15) is 4.79 Å². The molecule has 0 bridgehead atoms. The Morgan fingerprint density at radius 3 is 3.04 bits per heavy atom. The first-order chi connectivity index (χ1) is 11.7. The Labute approximate surface area is 156 Å². The Bertz CT molecular complexity index is 773. The number of ether oxygens (including phenoxy) is 2. The molecule has 2 aliphatic heterocycles. The summed E-state index contributed by atoms with van der Waals surface area (Å²) in [5.74, 6) is 0.932. The average molecular weight is 382 g/mol. The number of piperazine rings is 1. The lowest BCUT2D eigenvalue weighted by Crippen LogP contribution is -2.48. The Morgan fingerprint density at radius 1 is 1.36 bits per heavy atom. The highest BCUT2D eigenvalue weighted by molar-refractivity contribution is 6.32. The molecule has 1 aromatic heterocycles. The van der Waals surface area contributed by atoms with Crippen molar-refractivity contribution in [2.75, 3.05) is 26.4 Å². The highest BCUT2D eigenvalue weighted by Crippen LogP contribution is 2.40. The van der Waals surface area contributed by atoms with Gasteiger partial charge in [0.25, 0.3) is 5.91 Å². The number of aromatic nitrogens is 1. The molecule has 1 saturated heterocycles. The highest BCUT2D eigenvalue weighted by atomic mass is 35.5. The van der Waals surface area contributed by atoms with Crippen LogP contribution in [0.4, 0.5) is 0 Å². The van der Waals surface area contributed by atoms with E-state index >= 15 is 0 Å². The van der Waals surface area contributed by atoms with E-state index in [1.165, 1.54) is 0 Å². The van der Waals surface area contributed by atoms with E-state index in [0.717, 1.165) is 12.1 Å². The lowest BCUT2D eigenvalue weighted by molar-refractivity contribution is 0.0633. The fourth-order valence-electron chi connectivity index (χ4n) is 3.07. The molecule has 8 heteroatoms. The van der Waals surface area contributed by atoms with Gasteiger partial charge < -0.3 is 19.7 Å². The van der Waals surface area contributed by atoms with E-state index in [1.54, 1.807) is 24.5 Å². The van der Waals surface area contributed by atoms with Crippen molar-refractivity contribution < 1.29 is 14.3 Å². The zero-order valence-corrected chi connectivity index (χ0v) is 14.8. The summed E-state index contributed by atoms with van der Waals surface area (Å²) in [6.07, 6.45) is 3.52. The molecule has 1 amide bonds. The van der Waals surface area contributed by atoms with E-state index in [4.69, 9.17) is 21.1 Å². The van der Waals surface area contributed by atoms with E-state index in [0.29, 0.717) is 35.2 Å². The van der Waals surface area contributed by atoms with Crippen molar-refractivity contribution in [1.82, 2.24) is 15.2 Å². The lowest BCUT2D eigenvalue weighted by Gasteiger charge is -2.36. The number of hydrogen-bond donors (Lipinski definition) is 1. The van der Waals surface area contributed by atoms with Gasteiger partial charge in [-0.25, -0.2) is 0 Å². The van der Waals surface area contributed by atoms with Gasteiger partial charge in [0.15, 0.2) is 11.5 Å². The monoisotopic (exact) mass is 381 g/mol. The fraction of sp³-hybridized carbons (Fsp3) is 0.294. The second kappa shape index (κ2) is 7.47. The number of amides is 1. The highest BCUT2D eigenvalue weighted by Gasteiger charge is 2.30. The molecule has 0 aliphatic carbocycles. The molecule has 1 unspecified atom stereocenters. The zero-order chi connectivity index (χ0) is 16.5. The average Bonchev–Trinajstić information content (AvgIpc) is 3.11. The summed E-state index contributed by atoms with van der Waals surface area (Å²) >= 11 is 6.21. The molecule has 2 aliphatic rings. The van der Waals surface area contributed by atoms with Gasteiger partial charge in [-0.15, -0.1) is 12.4 Å². The number of pyridine rings is 1. The summed E-state index contributed by atoms with van der Waals surface area (Å²) in [5, 5.41) is 3.72. The number of nitrogens with one attached hydrogen (secondary N) is 1. The van der Waals surface area contributed by atoms with Crippen LogP contribution >= 0.6 is 24.0 Å². The maximum Gasteiger partial charge on any atom is 0.254 e. The third kappa shape index (κ3) is 3.38. The van der Waals surface area contributed by atoms with Gasteiger partial charge >= 0.3 is 0 Å². The Hall–Kier alpha value is -2.02. The van der Waals surface area contributed by atoms with Crippen molar-refractivity contribution in [3.8, 4) is 11.5 Å². The van der Waals surface area contributed by atoms with E-state index in [2.05, 4.69) is 10.3 Å². The van der Waals surface area contributed by atoms with Crippen LogP contribution in [0, 0.1) is 0 Å². The van der Waals surface area contributed by atoms with Gasteiger partial charge in [-0.2, -0.15) is 0 Å². The Kier molecular flexibility index (Phi) is 5.32. The van der Waals surface area contributed by atoms with Crippen molar-refractivity contribution in [2.45, 2.75) is 6.04 Å². The number of nitrogens with zero attached hydrogens (tertiary/aromatic N) is 2. The van der Waals surface area contributed by atoms with E-state index in [1.807, 2.05) is 17.0 Å². The van der Waals surface area contributed by atoms with Crippen LogP contribution in [0.2, 0.25) is 5.02 Å². The minimum Gasteiger partial charge on any atom is -0.454 e. The second-order valence-electron chi connectivity index (χ2n) is 5.70. The number of halogens is 2. The zero-order valence-electron chi connectivity index (χ0n) is 13.3. The predicted octanol–water partition coefficient (Wildman–Crippen LogP) is 2.67. The summed E-state index contributed by atoms with van der Waals surface area (Å²) in [7, 11) is 0. The van der Waals surface area contributed by atoms with Crippen molar-refractivity contribution in [1.29, 1.82) is 0 Å². The normalized spacial score (nSPS) is 18.6. The molecule has 1 atom stereocenters. The van der Waals surface area contributed by atoms with Crippen molar-refractivity contribution in [2.24, 2.45) is 0 Å². The number of rotatable bonds is 2. The van der Waals surface area contributed by atoms with Crippen LogP contribution in [-0.2, 0) is 0 Å². The predicted molar refractivity (Wildman–Crippen MR) is 95.7 cm³/mol. The van der Waals surface area contributed by atoms with E-state index < -0.39 is 0 Å². The van der Waals surface area contributed by atoms with Crippen molar-refractivity contribution in [3.63, 3.8) is 0 Å². The van der Waals surface area contributed by atoms with Crippen LogP contribution in [-0.4, -0.2) is 42.2 Å². The fourth-order valence-corrected chi connectivity index (χ4v) is 3.34. The first kappa shape index (κ1) is 17.8. The molecular weight excluding hydrogens is 365 g/mol. The maximum absolute atomic E-state index is 13.1. The number of carbonyl (C=O) groups is 1. The molecular formula is C17H17Cl2N3O3. The molecule has 0 radical (unpaired) electrons.